The molecule has 0 bridgehead atoms. The number of hydrogen-bond acceptors (Lipinski definition) is 3. The maximum Gasteiger partial charge on any atom is 0.243 e. The van der Waals surface area contributed by atoms with Crippen LogP contribution < -0.4 is 17.3 Å². The van der Waals surface area contributed by atoms with Crippen molar-refractivity contribution in [2.45, 2.75) is 31.1 Å². The molecule has 1 saturated heterocycles. The smallest absolute Gasteiger partial charge is 0.243 e. The van der Waals surface area contributed by atoms with Crippen molar-refractivity contribution in [3.63, 3.8) is 0 Å². The van der Waals surface area contributed by atoms with E-state index >= 15 is 0 Å². The maximum absolute atomic E-state index is 12.9. The van der Waals surface area contributed by atoms with Crippen LogP contribution >= 0.6 is 0 Å². The molecule has 3 rings (SSSR count). The second-order valence-electron chi connectivity index (χ2n) is 6.47. The van der Waals surface area contributed by atoms with Gasteiger partial charge in [-0.2, -0.15) is 4.31 Å². The van der Waals surface area contributed by atoms with E-state index in [0.29, 0.717) is 18.0 Å². The number of piperazine rings is 1. The fourth-order valence-electron chi connectivity index (χ4n) is 3.18. The molecule has 0 saturated carbocycles. The largest absolute Gasteiger partial charge is 1.00 e. The van der Waals surface area contributed by atoms with Crippen LogP contribution in [0.4, 0.5) is 5.69 Å². The molecule has 0 N–H and O–H groups in total. The summed E-state index contributed by atoms with van der Waals surface area (Å²) in [6.07, 6.45) is 3.28. The molecule has 26 heavy (non-hydrogen) atoms. The summed E-state index contributed by atoms with van der Waals surface area (Å²) in [4.78, 5) is 2.64. The van der Waals surface area contributed by atoms with E-state index < -0.39 is 10.0 Å². The Hall–Kier alpha value is -1.56. The van der Waals surface area contributed by atoms with Crippen molar-refractivity contribution < 1.29 is 20.8 Å². The lowest BCUT2D eigenvalue weighted by molar-refractivity contribution is -0.00000769. The zero-order valence-electron chi connectivity index (χ0n) is 15.1. The zero-order valence-corrected chi connectivity index (χ0v) is 16.7. The minimum atomic E-state index is -3.40. The van der Waals surface area contributed by atoms with Crippen LogP contribution in [0.3, 0.4) is 0 Å². The molecule has 2 aromatic carbocycles. The van der Waals surface area contributed by atoms with Crippen molar-refractivity contribution in [2.24, 2.45) is 0 Å². The molecule has 0 aliphatic carbocycles. The third kappa shape index (κ3) is 4.78. The number of aryl methyl sites for hydroxylation is 1. The van der Waals surface area contributed by atoms with E-state index in [2.05, 4.69) is 24.0 Å². The molecule has 0 atom stereocenters. The Morgan fingerprint density at radius 1 is 0.885 bits per heavy atom. The van der Waals surface area contributed by atoms with Gasteiger partial charge in [0.1, 0.15) is 0 Å². The highest BCUT2D eigenvalue weighted by molar-refractivity contribution is 7.89. The average molecular weight is 394 g/mol. The number of nitrogens with zero attached hydrogens (tertiary/aromatic N) is 2. The Bertz CT molecular complexity index is 771. The number of hydrogen-bond donors (Lipinski definition) is 0. The fourth-order valence-corrected chi connectivity index (χ4v) is 4.61. The number of halogens is 1. The highest BCUT2D eigenvalue weighted by Gasteiger charge is 2.28. The summed E-state index contributed by atoms with van der Waals surface area (Å²) in [5.41, 5.74) is 2.36. The molecule has 1 aliphatic heterocycles. The minimum absolute atomic E-state index is 0. The number of anilines is 1. The lowest BCUT2D eigenvalue weighted by Gasteiger charge is -2.35. The summed E-state index contributed by atoms with van der Waals surface area (Å²) in [6, 6.07) is 17.6. The summed E-state index contributed by atoms with van der Waals surface area (Å²) in [7, 11) is -3.40. The highest BCUT2D eigenvalue weighted by atomic mass is 35.5. The van der Waals surface area contributed by atoms with Gasteiger partial charge in [-0.15, -0.1) is 0 Å². The Kier molecular flexibility index (Phi) is 7.50. The second-order valence-corrected chi connectivity index (χ2v) is 8.41. The second kappa shape index (κ2) is 9.40. The number of para-hydroxylation sites is 1. The van der Waals surface area contributed by atoms with E-state index in [1.54, 1.807) is 16.4 Å². The maximum atomic E-state index is 12.9. The van der Waals surface area contributed by atoms with Crippen LogP contribution in [-0.2, 0) is 16.4 Å². The van der Waals surface area contributed by atoms with Gasteiger partial charge in [-0.05, 0) is 42.7 Å². The van der Waals surface area contributed by atoms with Crippen molar-refractivity contribution >= 4 is 15.7 Å². The molecular formula is C20H26ClN2O2S-. The summed E-state index contributed by atoms with van der Waals surface area (Å²) in [5, 5.41) is 0. The Morgan fingerprint density at radius 2 is 1.50 bits per heavy atom. The Morgan fingerprint density at radius 3 is 2.08 bits per heavy atom. The van der Waals surface area contributed by atoms with E-state index in [0.717, 1.165) is 38.0 Å². The van der Waals surface area contributed by atoms with E-state index in [4.69, 9.17) is 0 Å². The first-order valence-corrected chi connectivity index (χ1v) is 10.4. The topological polar surface area (TPSA) is 40.6 Å². The lowest BCUT2D eigenvalue weighted by atomic mass is 10.1. The first kappa shape index (κ1) is 20.7. The number of rotatable bonds is 6. The SMILES string of the molecule is CCCCc1ccc(S(=O)(=O)N2CCN(c3ccccc3)CC2)cc1.[Cl-]. The van der Waals surface area contributed by atoms with Gasteiger partial charge in [0.05, 0.1) is 4.90 Å². The summed E-state index contributed by atoms with van der Waals surface area (Å²) in [6.45, 7) is 4.65. The third-order valence-corrected chi connectivity index (χ3v) is 6.65. The summed E-state index contributed by atoms with van der Waals surface area (Å²) < 4.78 is 27.3. The molecule has 0 radical (unpaired) electrons. The van der Waals surface area contributed by atoms with Crippen LogP contribution in [0.2, 0.25) is 0 Å². The van der Waals surface area contributed by atoms with Gasteiger partial charge in [-0.1, -0.05) is 43.7 Å². The first-order chi connectivity index (χ1) is 12.1. The highest BCUT2D eigenvalue weighted by Crippen LogP contribution is 2.21. The Labute approximate surface area is 163 Å². The van der Waals surface area contributed by atoms with Crippen LogP contribution in [0, 0.1) is 0 Å². The van der Waals surface area contributed by atoms with Gasteiger partial charge in [0.2, 0.25) is 10.0 Å². The van der Waals surface area contributed by atoms with E-state index in [-0.39, 0.29) is 12.4 Å². The molecule has 6 heteroatoms. The molecule has 2 aromatic rings. The van der Waals surface area contributed by atoms with Crippen molar-refractivity contribution in [3.8, 4) is 0 Å². The van der Waals surface area contributed by atoms with Gasteiger partial charge >= 0.3 is 0 Å². The van der Waals surface area contributed by atoms with Crippen molar-refractivity contribution in [1.82, 2.24) is 4.31 Å². The van der Waals surface area contributed by atoms with Crippen LogP contribution in [0.25, 0.3) is 0 Å². The van der Waals surface area contributed by atoms with Crippen LogP contribution in [0.15, 0.2) is 59.5 Å². The standard InChI is InChI=1S/C20H26N2O2S.ClH/c1-2-3-7-18-10-12-20(13-11-18)25(23,24)22-16-14-21(15-17-22)19-8-5-4-6-9-19;/h4-6,8-13H,2-3,7,14-17H2,1H3;1H/p-1. The Balaban J connectivity index is 0.00000243. The van der Waals surface area contributed by atoms with Gasteiger partial charge in [-0.25, -0.2) is 8.42 Å². The number of unbranched alkanes of at least 4 members (excludes halogenated alkanes) is 1. The van der Waals surface area contributed by atoms with Gasteiger partial charge in [0.25, 0.3) is 0 Å². The fraction of sp³-hybridized carbons (Fsp3) is 0.400. The molecule has 1 aliphatic rings. The van der Waals surface area contributed by atoms with Crippen LogP contribution in [0.1, 0.15) is 25.3 Å². The lowest BCUT2D eigenvalue weighted by Crippen LogP contribution is -3.00. The summed E-state index contributed by atoms with van der Waals surface area (Å²) >= 11 is 0. The van der Waals surface area contributed by atoms with E-state index in [1.807, 2.05) is 30.3 Å². The van der Waals surface area contributed by atoms with Crippen molar-refractivity contribution in [3.05, 3.63) is 60.2 Å². The zero-order chi connectivity index (χ0) is 17.7. The molecule has 4 nitrogen and oxygen atoms in total. The number of benzene rings is 2. The molecule has 1 heterocycles. The molecule has 0 amide bonds. The normalized spacial score (nSPS) is 15.5. The first-order valence-electron chi connectivity index (χ1n) is 9.00. The van der Waals surface area contributed by atoms with Gasteiger partial charge < -0.3 is 17.3 Å². The molecule has 0 unspecified atom stereocenters. The minimum Gasteiger partial charge on any atom is -1.00 e. The number of sulfonamides is 1. The summed E-state index contributed by atoms with van der Waals surface area (Å²) in [5.74, 6) is 0. The molecule has 0 spiro atoms. The van der Waals surface area contributed by atoms with Gasteiger partial charge in [0.15, 0.2) is 0 Å². The average Bonchev–Trinajstić information content (AvgIpc) is 2.67. The monoisotopic (exact) mass is 393 g/mol. The predicted molar refractivity (Wildman–Crippen MR) is 102 cm³/mol. The van der Waals surface area contributed by atoms with Gasteiger partial charge in [-0.3, -0.25) is 0 Å². The molecule has 142 valence electrons. The van der Waals surface area contributed by atoms with E-state index in [9.17, 15) is 8.42 Å². The van der Waals surface area contributed by atoms with Crippen molar-refractivity contribution in [1.29, 1.82) is 0 Å². The van der Waals surface area contributed by atoms with Crippen LogP contribution in [-0.4, -0.2) is 38.9 Å². The predicted octanol–water partition coefficient (Wildman–Crippen LogP) is 0.544. The van der Waals surface area contributed by atoms with Crippen molar-refractivity contribution in [2.75, 3.05) is 31.1 Å². The van der Waals surface area contributed by atoms with Gasteiger partial charge in [0, 0.05) is 31.9 Å². The molecule has 0 aromatic heterocycles. The van der Waals surface area contributed by atoms with E-state index in [1.165, 1.54) is 5.56 Å². The quantitative estimate of drug-likeness (QED) is 0.719. The van der Waals surface area contributed by atoms with Crippen LogP contribution in [0.5, 0.6) is 0 Å². The molecule has 1 fully saturated rings. The molecular weight excluding hydrogens is 368 g/mol. The third-order valence-electron chi connectivity index (χ3n) is 4.74.